The Labute approximate surface area is 135 Å². The van der Waals surface area contributed by atoms with Crippen LogP contribution in [0.1, 0.15) is 5.69 Å². The Morgan fingerprint density at radius 1 is 0.833 bits per heavy atom. The van der Waals surface area contributed by atoms with Crippen molar-refractivity contribution in [3.05, 3.63) is 48.2 Å². The second kappa shape index (κ2) is 5.99. The first-order valence-corrected chi connectivity index (χ1v) is 7.00. The molecule has 0 aliphatic rings. The zero-order valence-electron chi connectivity index (χ0n) is 12.9. The molecule has 0 fully saturated rings. The Kier molecular flexibility index (Phi) is 4.01. The van der Waals surface area contributed by atoms with E-state index in [0.29, 0.717) is 17.0 Å². The number of alkyl halides is 3. The second-order valence-corrected chi connectivity index (χ2v) is 5.01. The molecule has 2 aromatic carbocycles. The fourth-order valence-electron chi connectivity index (χ4n) is 2.34. The van der Waals surface area contributed by atoms with Gasteiger partial charge in [0.25, 0.3) is 0 Å². The van der Waals surface area contributed by atoms with Crippen LogP contribution < -0.4 is 9.47 Å². The first-order valence-electron chi connectivity index (χ1n) is 7.00. The van der Waals surface area contributed by atoms with E-state index < -0.39 is 11.9 Å². The summed E-state index contributed by atoms with van der Waals surface area (Å²) in [5.41, 5.74) is -0.530. The topological polar surface area (TPSA) is 44.2 Å². The predicted octanol–water partition coefficient (Wildman–Crippen LogP) is 4.33. The summed E-state index contributed by atoms with van der Waals surface area (Å²) in [4.78, 5) is 7.93. The second-order valence-electron chi connectivity index (χ2n) is 5.01. The molecular weight excluding hydrogens is 321 g/mol. The van der Waals surface area contributed by atoms with E-state index in [9.17, 15) is 13.2 Å². The summed E-state index contributed by atoms with van der Waals surface area (Å²) < 4.78 is 50.6. The smallest absolute Gasteiger partial charge is 0.435 e. The molecule has 4 nitrogen and oxygen atoms in total. The number of nitrogens with zero attached hydrogens (tertiary/aromatic N) is 2. The van der Waals surface area contributed by atoms with Crippen molar-refractivity contribution in [3.63, 3.8) is 0 Å². The fraction of sp³-hybridized carbons (Fsp3) is 0.176. The normalized spacial score (nSPS) is 11.5. The molecular formula is C17H13F3N2O2. The number of benzene rings is 2. The molecule has 7 heteroatoms. The third kappa shape index (κ3) is 2.97. The van der Waals surface area contributed by atoms with Gasteiger partial charge in [0.05, 0.1) is 25.3 Å². The van der Waals surface area contributed by atoms with E-state index in [1.165, 1.54) is 32.4 Å². The van der Waals surface area contributed by atoms with Crippen LogP contribution in [0.3, 0.4) is 0 Å². The van der Waals surface area contributed by atoms with E-state index in [1.54, 1.807) is 24.3 Å². The van der Waals surface area contributed by atoms with Crippen LogP contribution in [-0.4, -0.2) is 24.2 Å². The standard InChI is InChI=1S/C17H13F3N2O2/c1-23-11-7-10(8-12(9-11)24-2)15-16(17(18,19)20)22-14-6-4-3-5-13(14)21-15/h3-9H,1-2H3. The van der Waals surface area contributed by atoms with Gasteiger partial charge in [0, 0.05) is 11.6 Å². The number of halogens is 3. The Balaban J connectivity index is 2.31. The molecule has 3 aromatic rings. The highest BCUT2D eigenvalue weighted by atomic mass is 19.4. The lowest BCUT2D eigenvalue weighted by Gasteiger charge is -2.14. The first kappa shape index (κ1) is 16.0. The quantitative estimate of drug-likeness (QED) is 0.715. The van der Waals surface area contributed by atoms with Crippen LogP contribution >= 0.6 is 0 Å². The lowest BCUT2D eigenvalue weighted by molar-refractivity contribution is -0.140. The monoisotopic (exact) mass is 334 g/mol. The third-order valence-corrected chi connectivity index (χ3v) is 3.46. The van der Waals surface area contributed by atoms with Crippen molar-refractivity contribution in [1.29, 1.82) is 0 Å². The number of fused-ring (bicyclic) bond motifs is 1. The number of hydrogen-bond donors (Lipinski definition) is 0. The zero-order valence-corrected chi connectivity index (χ0v) is 12.9. The number of ether oxygens (including phenoxy) is 2. The lowest BCUT2D eigenvalue weighted by Crippen LogP contribution is -2.12. The van der Waals surface area contributed by atoms with Gasteiger partial charge in [-0.1, -0.05) is 12.1 Å². The molecule has 0 bridgehead atoms. The van der Waals surface area contributed by atoms with E-state index in [4.69, 9.17) is 9.47 Å². The summed E-state index contributed by atoms with van der Waals surface area (Å²) in [5, 5.41) is 0. The Morgan fingerprint density at radius 2 is 1.38 bits per heavy atom. The van der Waals surface area contributed by atoms with Gasteiger partial charge in [0.1, 0.15) is 17.2 Å². The molecule has 0 aliphatic heterocycles. The minimum Gasteiger partial charge on any atom is -0.497 e. The molecule has 3 rings (SSSR count). The minimum atomic E-state index is -4.64. The summed E-state index contributed by atoms with van der Waals surface area (Å²) >= 11 is 0. The van der Waals surface area contributed by atoms with E-state index >= 15 is 0 Å². The van der Waals surface area contributed by atoms with Crippen molar-refractivity contribution in [1.82, 2.24) is 9.97 Å². The molecule has 0 saturated carbocycles. The van der Waals surface area contributed by atoms with Crippen molar-refractivity contribution in [3.8, 4) is 22.8 Å². The largest absolute Gasteiger partial charge is 0.497 e. The van der Waals surface area contributed by atoms with E-state index in [0.717, 1.165) is 0 Å². The number of para-hydroxylation sites is 2. The average molecular weight is 334 g/mol. The van der Waals surface area contributed by atoms with Crippen LogP contribution in [0.2, 0.25) is 0 Å². The summed E-state index contributed by atoms with van der Waals surface area (Å²) in [6.45, 7) is 0. The van der Waals surface area contributed by atoms with Crippen molar-refractivity contribution >= 4 is 11.0 Å². The van der Waals surface area contributed by atoms with Gasteiger partial charge in [-0.3, -0.25) is 0 Å². The molecule has 0 spiro atoms. The van der Waals surface area contributed by atoms with E-state index in [-0.39, 0.29) is 16.8 Å². The predicted molar refractivity (Wildman–Crippen MR) is 83.1 cm³/mol. The van der Waals surface area contributed by atoms with Crippen LogP contribution in [0.25, 0.3) is 22.3 Å². The number of aromatic nitrogens is 2. The SMILES string of the molecule is COc1cc(OC)cc(-c2nc3ccccc3nc2C(F)(F)F)c1. The van der Waals surface area contributed by atoms with E-state index in [1.807, 2.05) is 0 Å². The molecule has 0 saturated heterocycles. The minimum absolute atomic E-state index is 0.184. The maximum absolute atomic E-state index is 13.5. The zero-order chi connectivity index (χ0) is 17.3. The fourth-order valence-corrected chi connectivity index (χ4v) is 2.34. The maximum atomic E-state index is 13.5. The van der Waals surface area contributed by atoms with Crippen molar-refractivity contribution in [2.75, 3.05) is 14.2 Å². The highest BCUT2D eigenvalue weighted by Crippen LogP contribution is 2.38. The molecule has 0 radical (unpaired) electrons. The van der Waals surface area contributed by atoms with Gasteiger partial charge in [-0.15, -0.1) is 0 Å². The highest BCUT2D eigenvalue weighted by Gasteiger charge is 2.37. The van der Waals surface area contributed by atoms with Crippen LogP contribution in [0, 0.1) is 0 Å². The number of rotatable bonds is 3. The van der Waals surface area contributed by atoms with Gasteiger partial charge < -0.3 is 9.47 Å². The third-order valence-electron chi connectivity index (χ3n) is 3.46. The van der Waals surface area contributed by atoms with Crippen molar-refractivity contribution in [2.24, 2.45) is 0 Å². The molecule has 0 atom stereocenters. The van der Waals surface area contributed by atoms with Crippen LogP contribution in [0.4, 0.5) is 13.2 Å². The average Bonchev–Trinajstić information content (AvgIpc) is 2.59. The van der Waals surface area contributed by atoms with E-state index in [2.05, 4.69) is 9.97 Å². The Hall–Kier alpha value is -2.83. The molecule has 0 amide bonds. The van der Waals surface area contributed by atoms with Gasteiger partial charge >= 0.3 is 6.18 Å². The molecule has 1 aromatic heterocycles. The first-order chi connectivity index (χ1) is 11.4. The van der Waals surface area contributed by atoms with Gasteiger partial charge in [-0.2, -0.15) is 13.2 Å². The van der Waals surface area contributed by atoms with Gasteiger partial charge in [-0.25, -0.2) is 9.97 Å². The van der Waals surface area contributed by atoms with Crippen LogP contribution in [0.15, 0.2) is 42.5 Å². The molecule has 0 unspecified atom stereocenters. The maximum Gasteiger partial charge on any atom is 0.435 e. The van der Waals surface area contributed by atoms with Gasteiger partial charge in [-0.05, 0) is 24.3 Å². The highest BCUT2D eigenvalue weighted by molar-refractivity contribution is 5.79. The molecule has 0 N–H and O–H groups in total. The van der Waals surface area contributed by atoms with Crippen molar-refractivity contribution < 1.29 is 22.6 Å². The summed E-state index contributed by atoms with van der Waals surface area (Å²) in [7, 11) is 2.85. The Morgan fingerprint density at radius 3 is 1.88 bits per heavy atom. The number of methoxy groups -OCH3 is 2. The molecule has 0 aliphatic carbocycles. The van der Waals surface area contributed by atoms with Crippen LogP contribution in [-0.2, 0) is 6.18 Å². The molecule has 124 valence electrons. The Bertz CT molecular complexity index is 872. The van der Waals surface area contributed by atoms with Gasteiger partial charge in [0.15, 0.2) is 5.69 Å². The number of hydrogen-bond acceptors (Lipinski definition) is 4. The lowest BCUT2D eigenvalue weighted by atomic mass is 10.1. The molecule has 1 heterocycles. The summed E-state index contributed by atoms with van der Waals surface area (Å²) in [6.07, 6.45) is -4.64. The van der Waals surface area contributed by atoms with Crippen LogP contribution in [0.5, 0.6) is 11.5 Å². The van der Waals surface area contributed by atoms with Gasteiger partial charge in [0.2, 0.25) is 0 Å². The molecule has 24 heavy (non-hydrogen) atoms. The summed E-state index contributed by atoms with van der Waals surface area (Å²) in [5.74, 6) is 0.736. The van der Waals surface area contributed by atoms with Crippen molar-refractivity contribution in [2.45, 2.75) is 6.18 Å². The summed E-state index contributed by atoms with van der Waals surface area (Å²) in [6, 6.07) is 10.9.